The molecule has 0 saturated carbocycles. The SMILES string of the molecule is CCCCCN(C)C1CCCc2ccccc2C1NCC. The third-order valence-electron chi connectivity index (χ3n) is 4.83. The molecule has 1 aliphatic rings. The van der Waals surface area contributed by atoms with Gasteiger partial charge in [0.15, 0.2) is 0 Å². The molecule has 1 aromatic rings. The van der Waals surface area contributed by atoms with E-state index in [1.54, 1.807) is 5.56 Å². The molecule has 1 aliphatic carbocycles. The van der Waals surface area contributed by atoms with Crippen LogP contribution >= 0.6 is 0 Å². The molecule has 2 unspecified atom stereocenters. The fraction of sp³-hybridized carbons (Fsp3) is 0.684. The number of nitrogens with zero attached hydrogens (tertiary/aromatic N) is 1. The van der Waals surface area contributed by atoms with Crippen molar-refractivity contribution in [3.05, 3.63) is 35.4 Å². The van der Waals surface area contributed by atoms with Crippen LogP contribution in [0.2, 0.25) is 0 Å². The highest BCUT2D eigenvalue weighted by atomic mass is 15.2. The summed E-state index contributed by atoms with van der Waals surface area (Å²) < 4.78 is 0. The molecular formula is C19H32N2. The standard InChI is InChI=1S/C19H32N2/c1-4-6-9-15-21(3)18-14-10-12-16-11-7-8-13-17(16)19(18)20-5-2/h7-8,11,13,18-20H,4-6,9-10,12,14-15H2,1-3H3. The van der Waals surface area contributed by atoms with E-state index in [9.17, 15) is 0 Å². The fourth-order valence-corrected chi connectivity index (χ4v) is 3.66. The Balaban J connectivity index is 2.15. The quantitative estimate of drug-likeness (QED) is 0.598. The summed E-state index contributed by atoms with van der Waals surface area (Å²) in [6.07, 6.45) is 7.82. The second-order valence-electron chi connectivity index (χ2n) is 6.38. The molecule has 0 spiro atoms. The monoisotopic (exact) mass is 288 g/mol. The van der Waals surface area contributed by atoms with Crippen molar-refractivity contribution in [2.24, 2.45) is 0 Å². The Kier molecular flexibility index (Phi) is 6.72. The van der Waals surface area contributed by atoms with Crippen molar-refractivity contribution in [2.45, 2.75) is 64.5 Å². The lowest BCUT2D eigenvalue weighted by Crippen LogP contribution is -2.43. The maximum Gasteiger partial charge on any atom is 0.0480 e. The van der Waals surface area contributed by atoms with Crippen LogP contribution in [0.5, 0.6) is 0 Å². The first-order valence-corrected chi connectivity index (χ1v) is 8.79. The topological polar surface area (TPSA) is 15.3 Å². The fourth-order valence-electron chi connectivity index (χ4n) is 3.66. The number of fused-ring (bicyclic) bond motifs is 1. The van der Waals surface area contributed by atoms with Crippen molar-refractivity contribution in [1.82, 2.24) is 10.2 Å². The molecule has 2 nitrogen and oxygen atoms in total. The highest BCUT2D eigenvalue weighted by Crippen LogP contribution is 2.31. The molecule has 0 bridgehead atoms. The number of aryl methyl sites for hydroxylation is 1. The number of rotatable bonds is 7. The maximum atomic E-state index is 3.76. The summed E-state index contributed by atoms with van der Waals surface area (Å²) in [5, 5.41) is 3.76. The summed E-state index contributed by atoms with van der Waals surface area (Å²) in [5.74, 6) is 0. The molecule has 2 rings (SSSR count). The molecular weight excluding hydrogens is 256 g/mol. The number of likely N-dealkylation sites (N-methyl/N-ethyl adjacent to an activating group) is 2. The Morgan fingerprint density at radius 3 is 2.76 bits per heavy atom. The smallest absolute Gasteiger partial charge is 0.0480 e. The van der Waals surface area contributed by atoms with Crippen LogP contribution in [0.1, 0.15) is 63.1 Å². The first kappa shape index (κ1) is 16.5. The second-order valence-corrected chi connectivity index (χ2v) is 6.38. The average Bonchev–Trinajstić information content (AvgIpc) is 2.68. The van der Waals surface area contributed by atoms with Gasteiger partial charge in [0.25, 0.3) is 0 Å². The van der Waals surface area contributed by atoms with Gasteiger partial charge in [-0.3, -0.25) is 0 Å². The summed E-state index contributed by atoms with van der Waals surface area (Å²) in [4.78, 5) is 2.60. The van der Waals surface area contributed by atoms with E-state index < -0.39 is 0 Å². The molecule has 0 saturated heterocycles. The number of hydrogen-bond donors (Lipinski definition) is 1. The zero-order valence-corrected chi connectivity index (χ0v) is 14.1. The van der Waals surface area contributed by atoms with Crippen LogP contribution in [-0.2, 0) is 6.42 Å². The molecule has 0 heterocycles. The van der Waals surface area contributed by atoms with Gasteiger partial charge >= 0.3 is 0 Å². The van der Waals surface area contributed by atoms with Crippen LogP contribution in [0.3, 0.4) is 0 Å². The van der Waals surface area contributed by atoms with Crippen LogP contribution in [0.4, 0.5) is 0 Å². The summed E-state index contributed by atoms with van der Waals surface area (Å²) >= 11 is 0. The summed E-state index contributed by atoms with van der Waals surface area (Å²) in [6, 6.07) is 10.2. The van der Waals surface area contributed by atoms with Crippen LogP contribution < -0.4 is 5.32 Å². The van der Waals surface area contributed by atoms with Crippen molar-refractivity contribution in [1.29, 1.82) is 0 Å². The second kappa shape index (κ2) is 8.55. The molecule has 21 heavy (non-hydrogen) atoms. The van der Waals surface area contributed by atoms with Gasteiger partial charge in [-0.05, 0) is 56.9 Å². The van der Waals surface area contributed by atoms with Gasteiger partial charge < -0.3 is 10.2 Å². The van der Waals surface area contributed by atoms with E-state index in [-0.39, 0.29) is 0 Å². The number of benzene rings is 1. The molecule has 118 valence electrons. The van der Waals surface area contributed by atoms with Gasteiger partial charge in [-0.25, -0.2) is 0 Å². The Morgan fingerprint density at radius 2 is 2.00 bits per heavy atom. The average molecular weight is 288 g/mol. The van der Waals surface area contributed by atoms with E-state index in [0.717, 1.165) is 6.54 Å². The Morgan fingerprint density at radius 1 is 1.19 bits per heavy atom. The summed E-state index contributed by atoms with van der Waals surface area (Å²) in [7, 11) is 2.32. The normalized spacial score (nSPS) is 22.1. The van der Waals surface area contributed by atoms with Gasteiger partial charge in [-0.2, -0.15) is 0 Å². The molecule has 0 aromatic heterocycles. The molecule has 1 N–H and O–H groups in total. The zero-order valence-electron chi connectivity index (χ0n) is 14.1. The van der Waals surface area contributed by atoms with E-state index in [1.165, 1.54) is 50.6 Å². The zero-order chi connectivity index (χ0) is 15.1. The van der Waals surface area contributed by atoms with E-state index in [4.69, 9.17) is 0 Å². The predicted octanol–water partition coefficient (Wildman–Crippen LogP) is 4.16. The van der Waals surface area contributed by atoms with Crippen LogP contribution in [0.25, 0.3) is 0 Å². The lowest BCUT2D eigenvalue weighted by atomic mass is 9.95. The Hall–Kier alpha value is -0.860. The predicted molar refractivity (Wildman–Crippen MR) is 91.7 cm³/mol. The molecule has 0 radical (unpaired) electrons. The number of hydrogen-bond acceptors (Lipinski definition) is 2. The Bertz CT molecular complexity index is 416. The summed E-state index contributed by atoms with van der Waals surface area (Å²) in [6.45, 7) is 6.77. The minimum Gasteiger partial charge on any atom is -0.309 e. The van der Waals surface area contributed by atoms with Gasteiger partial charge in [0.05, 0.1) is 0 Å². The van der Waals surface area contributed by atoms with Crippen molar-refractivity contribution in [3.63, 3.8) is 0 Å². The van der Waals surface area contributed by atoms with Crippen molar-refractivity contribution < 1.29 is 0 Å². The third-order valence-corrected chi connectivity index (χ3v) is 4.83. The lowest BCUT2D eigenvalue weighted by Gasteiger charge is -2.35. The minimum atomic E-state index is 0.486. The van der Waals surface area contributed by atoms with Crippen LogP contribution in [0, 0.1) is 0 Å². The molecule has 0 aliphatic heterocycles. The highest BCUT2D eigenvalue weighted by Gasteiger charge is 2.29. The lowest BCUT2D eigenvalue weighted by molar-refractivity contribution is 0.180. The molecule has 0 fully saturated rings. The van der Waals surface area contributed by atoms with Crippen molar-refractivity contribution in [2.75, 3.05) is 20.1 Å². The van der Waals surface area contributed by atoms with Gasteiger partial charge in [-0.15, -0.1) is 0 Å². The molecule has 2 heteroatoms. The molecule has 0 amide bonds. The first-order chi connectivity index (χ1) is 10.3. The largest absolute Gasteiger partial charge is 0.309 e. The number of nitrogens with one attached hydrogen (secondary N) is 1. The first-order valence-electron chi connectivity index (χ1n) is 8.79. The van der Waals surface area contributed by atoms with Gasteiger partial charge in [0.1, 0.15) is 0 Å². The Labute approximate surface area is 130 Å². The minimum absolute atomic E-state index is 0.486. The molecule has 1 aromatic carbocycles. The highest BCUT2D eigenvalue weighted by molar-refractivity contribution is 5.32. The number of unbranched alkanes of at least 4 members (excludes halogenated alkanes) is 2. The van der Waals surface area contributed by atoms with Gasteiger partial charge in [-0.1, -0.05) is 51.0 Å². The maximum absolute atomic E-state index is 3.76. The van der Waals surface area contributed by atoms with E-state index in [0.29, 0.717) is 12.1 Å². The van der Waals surface area contributed by atoms with Gasteiger partial charge in [0.2, 0.25) is 0 Å². The summed E-state index contributed by atoms with van der Waals surface area (Å²) in [5.41, 5.74) is 3.08. The van der Waals surface area contributed by atoms with Gasteiger partial charge in [0, 0.05) is 12.1 Å². The van der Waals surface area contributed by atoms with Crippen molar-refractivity contribution in [3.8, 4) is 0 Å². The van der Waals surface area contributed by atoms with E-state index in [1.807, 2.05) is 0 Å². The van der Waals surface area contributed by atoms with Crippen molar-refractivity contribution >= 4 is 0 Å². The molecule has 2 atom stereocenters. The third kappa shape index (κ3) is 4.31. The van der Waals surface area contributed by atoms with E-state index >= 15 is 0 Å². The van der Waals surface area contributed by atoms with Crippen LogP contribution in [-0.4, -0.2) is 31.1 Å². The van der Waals surface area contributed by atoms with E-state index in [2.05, 4.69) is 55.4 Å². The van der Waals surface area contributed by atoms with Crippen LogP contribution in [0.15, 0.2) is 24.3 Å².